The van der Waals surface area contributed by atoms with Crippen molar-refractivity contribution in [1.29, 1.82) is 10.5 Å². The van der Waals surface area contributed by atoms with Gasteiger partial charge in [-0.2, -0.15) is 27.0 Å². The van der Waals surface area contributed by atoms with Crippen molar-refractivity contribution in [2.45, 2.75) is 6.54 Å². The molecule has 2 heterocycles. The number of nitrogens with zero attached hydrogens (tertiary/aromatic N) is 4. The van der Waals surface area contributed by atoms with Gasteiger partial charge < -0.3 is 0 Å². The Morgan fingerprint density at radius 2 is 2.33 bits per heavy atom. The topological polar surface area (TPSA) is 65.4 Å². The first-order valence-corrected chi connectivity index (χ1v) is 5.16. The second-order valence-electron chi connectivity index (χ2n) is 2.87. The molecule has 0 bridgehead atoms. The summed E-state index contributed by atoms with van der Waals surface area (Å²) in [5.74, 6) is 0. The summed E-state index contributed by atoms with van der Waals surface area (Å²) in [7, 11) is 0. The van der Waals surface area contributed by atoms with Crippen molar-refractivity contribution < 1.29 is 0 Å². The summed E-state index contributed by atoms with van der Waals surface area (Å²) in [6, 6.07) is 5.97. The zero-order valence-corrected chi connectivity index (χ0v) is 8.53. The molecule has 2 rings (SSSR count). The number of aromatic nitrogens is 2. The van der Waals surface area contributed by atoms with E-state index in [1.54, 1.807) is 17.5 Å². The molecule has 0 aliphatic rings. The van der Waals surface area contributed by atoms with E-state index in [0.29, 0.717) is 11.3 Å². The van der Waals surface area contributed by atoms with Crippen molar-refractivity contribution >= 4 is 11.3 Å². The standard InChI is InChI=1S/C10H6N4S/c11-2-3-14-6-9(5-12)10(13-14)8-1-4-15-7-8/h1,4,6-7H,3H2. The van der Waals surface area contributed by atoms with E-state index >= 15 is 0 Å². The molecule has 0 atom stereocenters. The summed E-state index contributed by atoms with van der Waals surface area (Å²) in [5, 5.41) is 25.5. The lowest BCUT2D eigenvalue weighted by Gasteiger charge is -1.90. The molecule has 15 heavy (non-hydrogen) atoms. The van der Waals surface area contributed by atoms with Crippen molar-refractivity contribution in [3.8, 4) is 23.4 Å². The highest BCUT2D eigenvalue weighted by molar-refractivity contribution is 7.08. The van der Waals surface area contributed by atoms with Gasteiger partial charge >= 0.3 is 0 Å². The van der Waals surface area contributed by atoms with Crippen LogP contribution < -0.4 is 0 Å². The number of rotatable bonds is 2. The highest BCUT2D eigenvalue weighted by atomic mass is 32.1. The van der Waals surface area contributed by atoms with Gasteiger partial charge in [0, 0.05) is 17.1 Å². The van der Waals surface area contributed by atoms with Gasteiger partial charge in [-0.3, -0.25) is 4.68 Å². The van der Waals surface area contributed by atoms with Crippen LogP contribution in [0.3, 0.4) is 0 Å². The van der Waals surface area contributed by atoms with Crippen LogP contribution in [0.4, 0.5) is 0 Å². The van der Waals surface area contributed by atoms with Crippen molar-refractivity contribution in [3.63, 3.8) is 0 Å². The highest BCUT2D eigenvalue weighted by Gasteiger charge is 2.10. The van der Waals surface area contributed by atoms with E-state index in [1.165, 1.54) is 4.68 Å². The van der Waals surface area contributed by atoms with Gasteiger partial charge in [0.05, 0.1) is 11.6 Å². The van der Waals surface area contributed by atoms with E-state index in [2.05, 4.69) is 11.2 Å². The molecule has 0 unspecified atom stereocenters. The Hall–Kier alpha value is -2.11. The smallest absolute Gasteiger partial charge is 0.128 e. The second-order valence-corrected chi connectivity index (χ2v) is 3.65. The first kappa shape index (κ1) is 9.45. The number of thiophene rings is 1. The summed E-state index contributed by atoms with van der Waals surface area (Å²) < 4.78 is 1.48. The van der Waals surface area contributed by atoms with Crippen LogP contribution in [-0.2, 0) is 6.54 Å². The maximum absolute atomic E-state index is 8.92. The minimum absolute atomic E-state index is 0.165. The number of hydrogen-bond donors (Lipinski definition) is 0. The van der Waals surface area contributed by atoms with Gasteiger partial charge in [-0.15, -0.1) is 0 Å². The van der Waals surface area contributed by atoms with Gasteiger partial charge in [-0.1, -0.05) is 0 Å². The molecule has 72 valence electrons. The van der Waals surface area contributed by atoms with E-state index in [-0.39, 0.29) is 6.54 Å². The fourth-order valence-electron chi connectivity index (χ4n) is 1.27. The molecule has 0 radical (unpaired) electrons. The van der Waals surface area contributed by atoms with Crippen LogP contribution in [0, 0.1) is 22.7 Å². The quantitative estimate of drug-likeness (QED) is 0.768. The van der Waals surface area contributed by atoms with Crippen LogP contribution in [0.2, 0.25) is 0 Å². The molecule has 0 saturated heterocycles. The molecule has 0 aliphatic carbocycles. The zero-order valence-electron chi connectivity index (χ0n) is 7.71. The van der Waals surface area contributed by atoms with Crippen LogP contribution in [0.25, 0.3) is 11.3 Å². The minimum Gasteiger partial charge on any atom is -0.257 e. The monoisotopic (exact) mass is 214 g/mol. The molecule has 4 nitrogen and oxygen atoms in total. The van der Waals surface area contributed by atoms with E-state index < -0.39 is 0 Å². The number of nitriles is 2. The lowest BCUT2D eigenvalue weighted by atomic mass is 10.2. The van der Waals surface area contributed by atoms with Gasteiger partial charge in [-0.25, -0.2) is 0 Å². The summed E-state index contributed by atoms with van der Waals surface area (Å²) in [6.07, 6.45) is 1.59. The fraction of sp³-hybridized carbons (Fsp3) is 0.100. The molecule has 0 fully saturated rings. The Kier molecular flexibility index (Phi) is 2.49. The zero-order chi connectivity index (χ0) is 10.7. The molecule has 2 aromatic heterocycles. The Morgan fingerprint density at radius 1 is 1.47 bits per heavy atom. The summed E-state index contributed by atoms with van der Waals surface area (Å²) >= 11 is 1.55. The van der Waals surface area contributed by atoms with Crippen molar-refractivity contribution in [3.05, 3.63) is 28.6 Å². The Bertz CT molecular complexity index is 539. The average molecular weight is 214 g/mol. The minimum atomic E-state index is 0.165. The summed E-state index contributed by atoms with van der Waals surface area (Å²) in [4.78, 5) is 0. The van der Waals surface area contributed by atoms with Crippen LogP contribution in [-0.4, -0.2) is 9.78 Å². The van der Waals surface area contributed by atoms with Crippen LogP contribution >= 0.6 is 11.3 Å². The van der Waals surface area contributed by atoms with Gasteiger partial charge in [0.1, 0.15) is 18.3 Å². The molecule has 0 N–H and O–H groups in total. The Balaban J connectivity index is 2.48. The highest BCUT2D eigenvalue weighted by Crippen LogP contribution is 2.23. The maximum Gasteiger partial charge on any atom is 0.128 e. The molecule has 0 spiro atoms. The van der Waals surface area contributed by atoms with Gasteiger partial charge in [0.15, 0.2) is 0 Å². The molecule has 5 heteroatoms. The second kappa shape index (κ2) is 3.95. The van der Waals surface area contributed by atoms with Crippen LogP contribution in [0.15, 0.2) is 23.0 Å². The van der Waals surface area contributed by atoms with E-state index in [9.17, 15) is 0 Å². The first-order valence-electron chi connectivity index (χ1n) is 4.22. The molecule has 0 amide bonds. The fourth-order valence-corrected chi connectivity index (χ4v) is 1.91. The van der Waals surface area contributed by atoms with Crippen molar-refractivity contribution in [2.75, 3.05) is 0 Å². The van der Waals surface area contributed by atoms with E-state index in [1.807, 2.05) is 22.9 Å². The Labute approximate surface area is 90.6 Å². The van der Waals surface area contributed by atoms with Crippen LogP contribution in [0.1, 0.15) is 5.56 Å². The number of hydrogen-bond acceptors (Lipinski definition) is 4. The lowest BCUT2D eigenvalue weighted by molar-refractivity contribution is 0.712. The summed E-state index contributed by atoms with van der Waals surface area (Å²) in [6.45, 7) is 0.165. The molecular weight excluding hydrogens is 208 g/mol. The Morgan fingerprint density at radius 3 is 2.93 bits per heavy atom. The first-order chi connectivity index (χ1) is 7.35. The molecule has 2 aromatic rings. The van der Waals surface area contributed by atoms with Crippen molar-refractivity contribution in [1.82, 2.24) is 9.78 Å². The predicted molar refractivity (Wildman–Crippen MR) is 55.9 cm³/mol. The molecule has 0 aliphatic heterocycles. The third-order valence-corrected chi connectivity index (χ3v) is 2.59. The summed E-state index contributed by atoms with van der Waals surface area (Å²) in [5.41, 5.74) is 2.07. The van der Waals surface area contributed by atoms with E-state index in [4.69, 9.17) is 10.5 Å². The normalized spacial score (nSPS) is 9.47. The van der Waals surface area contributed by atoms with Gasteiger partial charge in [-0.05, 0) is 11.4 Å². The van der Waals surface area contributed by atoms with Crippen molar-refractivity contribution in [2.24, 2.45) is 0 Å². The maximum atomic E-state index is 8.92. The lowest BCUT2D eigenvalue weighted by Crippen LogP contribution is -1.95. The van der Waals surface area contributed by atoms with Crippen LogP contribution in [0.5, 0.6) is 0 Å². The largest absolute Gasteiger partial charge is 0.257 e. The third-order valence-electron chi connectivity index (χ3n) is 1.91. The third kappa shape index (κ3) is 1.74. The predicted octanol–water partition coefficient (Wildman–Crippen LogP) is 2.01. The van der Waals surface area contributed by atoms with E-state index in [0.717, 1.165) is 5.56 Å². The molecule has 0 saturated carbocycles. The van der Waals surface area contributed by atoms with Gasteiger partial charge in [0.2, 0.25) is 0 Å². The average Bonchev–Trinajstić information content (AvgIpc) is 2.84. The van der Waals surface area contributed by atoms with Gasteiger partial charge in [0.25, 0.3) is 0 Å². The molecule has 0 aromatic carbocycles. The SMILES string of the molecule is N#CCn1cc(C#N)c(-c2ccsc2)n1. The molecular formula is C10H6N4S.